The van der Waals surface area contributed by atoms with Gasteiger partial charge in [-0.2, -0.15) is 0 Å². The van der Waals surface area contributed by atoms with Crippen LogP contribution in [0.15, 0.2) is 42.5 Å². The molecular formula is C15H16N2O3. The summed E-state index contributed by atoms with van der Waals surface area (Å²) in [5, 5.41) is 14.0. The molecule has 0 radical (unpaired) electrons. The number of anilines is 1. The lowest BCUT2D eigenvalue weighted by Gasteiger charge is -2.11. The summed E-state index contributed by atoms with van der Waals surface area (Å²) in [6.07, 6.45) is 0. The summed E-state index contributed by atoms with van der Waals surface area (Å²) >= 11 is 0. The average molecular weight is 272 g/mol. The molecule has 0 fully saturated rings. The van der Waals surface area contributed by atoms with Crippen molar-refractivity contribution < 1.29 is 9.66 Å². The van der Waals surface area contributed by atoms with Crippen molar-refractivity contribution in [2.45, 2.75) is 13.5 Å². The number of methoxy groups -OCH3 is 1. The number of hydrogen-bond acceptors (Lipinski definition) is 4. The van der Waals surface area contributed by atoms with E-state index in [9.17, 15) is 10.1 Å². The van der Waals surface area contributed by atoms with Gasteiger partial charge < -0.3 is 10.1 Å². The first-order valence-electron chi connectivity index (χ1n) is 6.22. The van der Waals surface area contributed by atoms with Crippen molar-refractivity contribution in [1.82, 2.24) is 0 Å². The van der Waals surface area contributed by atoms with E-state index >= 15 is 0 Å². The molecular weight excluding hydrogens is 256 g/mol. The van der Waals surface area contributed by atoms with Crippen molar-refractivity contribution in [3.8, 4) is 5.75 Å². The van der Waals surface area contributed by atoms with Crippen LogP contribution in [0.25, 0.3) is 0 Å². The number of rotatable bonds is 5. The SMILES string of the molecule is COc1cc(C)ccc1NCc1cccc([N+](=O)[O-])c1. The van der Waals surface area contributed by atoms with Crippen molar-refractivity contribution in [2.24, 2.45) is 0 Å². The molecule has 0 unspecified atom stereocenters. The Kier molecular flexibility index (Phi) is 4.20. The standard InChI is InChI=1S/C15H16N2O3/c1-11-6-7-14(15(8-11)20-2)16-10-12-4-3-5-13(9-12)17(18)19/h3-9,16H,10H2,1-2H3. The van der Waals surface area contributed by atoms with E-state index in [1.807, 2.05) is 31.2 Å². The van der Waals surface area contributed by atoms with Crippen molar-refractivity contribution in [1.29, 1.82) is 0 Å². The minimum Gasteiger partial charge on any atom is -0.495 e. The number of non-ortho nitro benzene ring substituents is 1. The summed E-state index contributed by atoms with van der Waals surface area (Å²) < 4.78 is 5.31. The summed E-state index contributed by atoms with van der Waals surface area (Å²) in [7, 11) is 1.62. The zero-order valence-electron chi connectivity index (χ0n) is 11.4. The van der Waals surface area contributed by atoms with Gasteiger partial charge in [-0.1, -0.05) is 18.2 Å². The molecule has 0 amide bonds. The monoisotopic (exact) mass is 272 g/mol. The third-order valence-corrected chi connectivity index (χ3v) is 2.96. The third kappa shape index (κ3) is 3.26. The molecule has 0 atom stereocenters. The first-order valence-corrected chi connectivity index (χ1v) is 6.22. The second-order valence-electron chi connectivity index (χ2n) is 4.48. The van der Waals surface area contributed by atoms with Gasteiger partial charge in [0.2, 0.25) is 0 Å². The number of ether oxygens (including phenoxy) is 1. The maximum atomic E-state index is 10.7. The number of nitro groups is 1. The molecule has 0 heterocycles. The lowest BCUT2D eigenvalue weighted by atomic mass is 10.1. The Balaban J connectivity index is 2.12. The molecule has 2 aromatic rings. The van der Waals surface area contributed by atoms with Crippen LogP contribution < -0.4 is 10.1 Å². The topological polar surface area (TPSA) is 64.4 Å². The molecule has 0 spiro atoms. The molecule has 0 saturated heterocycles. The molecule has 0 saturated carbocycles. The van der Waals surface area contributed by atoms with Crippen LogP contribution in [0.4, 0.5) is 11.4 Å². The Labute approximate surface area is 117 Å². The van der Waals surface area contributed by atoms with Gasteiger partial charge >= 0.3 is 0 Å². The number of nitro benzene ring substituents is 1. The predicted octanol–water partition coefficient (Wildman–Crippen LogP) is 3.52. The fourth-order valence-corrected chi connectivity index (χ4v) is 1.92. The highest BCUT2D eigenvalue weighted by molar-refractivity contribution is 5.58. The van der Waals surface area contributed by atoms with Crippen LogP contribution >= 0.6 is 0 Å². The van der Waals surface area contributed by atoms with Gasteiger partial charge in [-0.3, -0.25) is 10.1 Å². The number of nitrogens with zero attached hydrogens (tertiary/aromatic N) is 1. The fraction of sp³-hybridized carbons (Fsp3) is 0.200. The van der Waals surface area contributed by atoms with Gasteiger partial charge in [0.25, 0.3) is 5.69 Å². The summed E-state index contributed by atoms with van der Waals surface area (Å²) in [4.78, 5) is 10.3. The van der Waals surface area contributed by atoms with Gasteiger partial charge in [-0.15, -0.1) is 0 Å². The number of hydrogen-bond donors (Lipinski definition) is 1. The first kappa shape index (κ1) is 13.9. The van der Waals surface area contributed by atoms with Gasteiger partial charge in [0.05, 0.1) is 17.7 Å². The van der Waals surface area contributed by atoms with Crippen LogP contribution in [0, 0.1) is 17.0 Å². The summed E-state index contributed by atoms with van der Waals surface area (Å²) in [5.41, 5.74) is 2.93. The van der Waals surface area contributed by atoms with Gasteiger partial charge in [-0.05, 0) is 30.2 Å². The van der Waals surface area contributed by atoms with E-state index in [4.69, 9.17) is 4.74 Å². The highest BCUT2D eigenvalue weighted by Gasteiger charge is 2.07. The minimum absolute atomic E-state index is 0.0974. The average Bonchev–Trinajstić information content (AvgIpc) is 2.46. The minimum atomic E-state index is -0.393. The number of aryl methyl sites for hydroxylation is 1. The Hall–Kier alpha value is -2.56. The van der Waals surface area contributed by atoms with E-state index < -0.39 is 4.92 Å². The van der Waals surface area contributed by atoms with Crippen molar-refractivity contribution in [3.05, 3.63) is 63.7 Å². The second kappa shape index (κ2) is 6.06. The van der Waals surface area contributed by atoms with Crippen LogP contribution in [0.5, 0.6) is 5.75 Å². The normalized spacial score (nSPS) is 10.1. The van der Waals surface area contributed by atoms with Gasteiger partial charge in [0.15, 0.2) is 0 Å². The van der Waals surface area contributed by atoms with E-state index in [1.165, 1.54) is 6.07 Å². The third-order valence-electron chi connectivity index (χ3n) is 2.96. The highest BCUT2D eigenvalue weighted by Crippen LogP contribution is 2.26. The molecule has 0 bridgehead atoms. The van der Waals surface area contributed by atoms with Crippen LogP contribution in [0.2, 0.25) is 0 Å². The van der Waals surface area contributed by atoms with E-state index in [0.29, 0.717) is 6.54 Å². The molecule has 20 heavy (non-hydrogen) atoms. The largest absolute Gasteiger partial charge is 0.495 e. The molecule has 0 aliphatic carbocycles. The van der Waals surface area contributed by atoms with Crippen molar-refractivity contribution in [2.75, 3.05) is 12.4 Å². The Morgan fingerprint density at radius 1 is 1.25 bits per heavy atom. The van der Waals surface area contributed by atoms with Crippen molar-refractivity contribution in [3.63, 3.8) is 0 Å². The fourth-order valence-electron chi connectivity index (χ4n) is 1.92. The second-order valence-corrected chi connectivity index (χ2v) is 4.48. The zero-order valence-corrected chi connectivity index (χ0v) is 11.4. The Morgan fingerprint density at radius 2 is 2.05 bits per heavy atom. The molecule has 104 valence electrons. The Bertz CT molecular complexity index is 626. The summed E-state index contributed by atoms with van der Waals surface area (Å²) in [6.45, 7) is 2.49. The number of benzene rings is 2. The lowest BCUT2D eigenvalue weighted by molar-refractivity contribution is -0.384. The lowest BCUT2D eigenvalue weighted by Crippen LogP contribution is -2.02. The van der Waals surface area contributed by atoms with Crippen LogP contribution in [-0.2, 0) is 6.54 Å². The van der Waals surface area contributed by atoms with Crippen LogP contribution in [0.1, 0.15) is 11.1 Å². The first-order chi connectivity index (χ1) is 9.60. The summed E-state index contributed by atoms with van der Waals surface area (Å²) in [6, 6.07) is 12.4. The summed E-state index contributed by atoms with van der Waals surface area (Å²) in [5.74, 6) is 0.760. The van der Waals surface area contributed by atoms with E-state index in [-0.39, 0.29) is 5.69 Å². The molecule has 2 aromatic carbocycles. The van der Waals surface area contributed by atoms with E-state index in [1.54, 1.807) is 19.2 Å². The maximum Gasteiger partial charge on any atom is 0.269 e. The van der Waals surface area contributed by atoms with Gasteiger partial charge in [-0.25, -0.2) is 0 Å². The van der Waals surface area contributed by atoms with Crippen molar-refractivity contribution >= 4 is 11.4 Å². The number of nitrogens with one attached hydrogen (secondary N) is 1. The van der Waals surface area contributed by atoms with E-state index in [2.05, 4.69) is 5.32 Å². The molecule has 0 aromatic heterocycles. The molecule has 5 nitrogen and oxygen atoms in total. The highest BCUT2D eigenvalue weighted by atomic mass is 16.6. The van der Waals surface area contributed by atoms with Crippen LogP contribution in [-0.4, -0.2) is 12.0 Å². The molecule has 2 rings (SSSR count). The molecule has 1 N–H and O–H groups in total. The predicted molar refractivity (Wildman–Crippen MR) is 78.2 cm³/mol. The van der Waals surface area contributed by atoms with Gasteiger partial charge in [0.1, 0.15) is 5.75 Å². The Morgan fingerprint density at radius 3 is 2.75 bits per heavy atom. The quantitative estimate of drug-likeness (QED) is 0.668. The molecule has 0 aliphatic rings. The zero-order chi connectivity index (χ0) is 14.5. The van der Waals surface area contributed by atoms with Gasteiger partial charge in [0, 0.05) is 18.7 Å². The molecule has 0 aliphatic heterocycles. The van der Waals surface area contributed by atoms with E-state index in [0.717, 1.165) is 22.6 Å². The van der Waals surface area contributed by atoms with Crippen LogP contribution in [0.3, 0.4) is 0 Å². The maximum absolute atomic E-state index is 10.7. The molecule has 5 heteroatoms. The smallest absolute Gasteiger partial charge is 0.269 e.